The Morgan fingerprint density at radius 1 is 1.00 bits per heavy atom. The maximum absolute atomic E-state index is 13.2. The Morgan fingerprint density at radius 3 is 1.62 bits per heavy atom. The molecule has 0 saturated heterocycles. The van der Waals surface area contributed by atoms with Crippen LogP contribution in [0.1, 0.15) is 27.7 Å². The van der Waals surface area contributed by atoms with Crippen molar-refractivity contribution in [2.45, 2.75) is 27.7 Å². The summed E-state index contributed by atoms with van der Waals surface area (Å²) in [5.41, 5.74) is -0.912. The van der Waals surface area contributed by atoms with Gasteiger partial charge >= 0.3 is 0 Å². The predicted octanol–water partition coefficient (Wildman–Crippen LogP) is 4.06. The Bertz CT molecular complexity index is 295. The van der Waals surface area contributed by atoms with Gasteiger partial charge in [0.05, 0.1) is 0 Å². The molecule has 0 fully saturated rings. The minimum absolute atomic E-state index is 0.186. The highest BCUT2D eigenvalue weighted by atomic mass is 19.2. The van der Waals surface area contributed by atoms with Crippen molar-refractivity contribution in [3.05, 3.63) is 23.1 Å². The van der Waals surface area contributed by atoms with Gasteiger partial charge in [-0.25, -0.2) is 13.2 Å². The molecule has 0 aromatic rings. The van der Waals surface area contributed by atoms with E-state index >= 15 is 0 Å². The van der Waals surface area contributed by atoms with Crippen molar-refractivity contribution in [1.82, 2.24) is 0 Å². The summed E-state index contributed by atoms with van der Waals surface area (Å²) in [5.74, 6) is -3.52. The largest absolute Gasteiger partial charge is 0.208 e. The van der Waals surface area contributed by atoms with Gasteiger partial charge in [-0.05, 0) is 25.3 Å². The number of halogens is 3. The first-order valence-corrected chi connectivity index (χ1v) is 4.26. The second-order valence-electron chi connectivity index (χ2n) is 4.14. The highest BCUT2D eigenvalue weighted by Gasteiger charge is 2.43. The van der Waals surface area contributed by atoms with Crippen LogP contribution in [0.2, 0.25) is 0 Å². The fourth-order valence-electron chi connectivity index (χ4n) is 1.86. The van der Waals surface area contributed by atoms with Crippen molar-refractivity contribution in [3.63, 3.8) is 0 Å². The Hall–Kier alpha value is -0.730. The summed E-state index contributed by atoms with van der Waals surface area (Å²) in [6.45, 7) is 6.43. The van der Waals surface area contributed by atoms with Crippen LogP contribution in [-0.2, 0) is 0 Å². The summed E-state index contributed by atoms with van der Waals surface area (Å²) < 4.78 is 39.3. The van der Waals surface area contributed by atoms with Crippen molar-refractivity contribution < 1.29 is 13.2 Å². The summed E-state index contributed by atoms with van der Waals surface area (Å²) >= 11 is 0. The predicted molar refractivity (Wildman–Crippen MR) is 46.0 cm³/mol. The molecule has 74 valence electrons. The first-order valence-electron chi connectivity index (χ1n) is 4.26. The lowest BCUT2D eigenvalue weighted by molar-refractivity contribution is 0.376. The van der Waals surface area contributed by atoms with E-state index in [9.17, 15) is 13.2 Å². The Morgan fingerprint density at radius 2 is 1.46 bits per heavy atom. The molecule has 3 heteroatoms. The van der Waals surface area contributed by atoms with Crippen molar-refractivity contribution in [3.8, 4) is 0 Å². The summed E-state index contributed by atoms with van der Waals surface area (Å²) in [6, 6.07) is 0. The fourth-order valence-corrected chi connectivity index (χ4v) is 1.86. The lowest BCUT2D eigenvalue weighted by Crippen LogP contribution is -2.16. The first-order chi connectivity index (χ1) is 5.80. The summed E-state index contributed by atoms with van der Waals surface area (Å²) in [6.07, 6.45) is 0. The van der Waals surface area contributed by atoms with E-state index in [1.54, 1.807) is 13.8 Å². The summed E-state index contributed by atoms with van der Waals surface area (Å²) in [5, 5.41) is 0. The van der Waals surface area contributed by atoms with Crippen LogP contribution in [0.5, 0.6) is 0 Å². The molecular formula is C10H13F3. The molecule has 0 aliphatic heterocycles. The second-order valence-corrected chi connectivity index (χ2v) is 4.14. The molecule has 13 heavy (non-hydrogen) atoms. The van der Waals surface area contributed by atoms with E-state index in [1.165, 1.54) is 13.8 Å². The standard InChI is InChI=1S/C10H13F3/c1-5(2)6-7(11)8(12)9(13)10(6,3)4/h5H,1-4H3. The van der Waals surface area contributed by atoms with Crippen molar-refractivity contribution >= 4 is 0 Å². The van der Waals surface area contributed by atoms with Crippen LogP contribution < -0.4 is 0 Å². The molecule has 0 aromatic heterocycles. The summed E-state index contributed by atoms with van der Waals surface area (Å²) in [4.78, 5) is 0. The smallest absolute Gasteiger partial charge is 0.191 e. The van der Waals surface area contributed by atoms with Crippen LogP contribution in [0.3, 0.4) is 0 Å². The van der Waals surface area contributed by atoms with Crippen molar-refractivity contribution in [2.75, 3.05) is 0 Å². The zero-order valence-corrected chi connectivity index (χ0v) is 8.21. The van der Waals surface area contributed by atoms with Gasteiger partial charge in [0.15, 0.2) is 11.7 Å². The normalized spacial score (nSPS) is 22.2. The molecular weight excluding hydrogens is 177 g/mol. The molecule has 0 amide bonds. The van der Waals surface area contributed by atoms with Crippen molar-refractivity contribution in [1.29, 1.82) is 0 Å². The van der Waals surface area contributed by atoms with Crippen LogP contribution in [0, 0.1) is 11.3 Å². The van der Waals surface area contributed by atoms with Gasteiger partial charge in [0.25, 0.3) is 0 Å². The van der Waals surface area contributed by atoms with Gasteiger partial charge in [0.2, 0.25) is 0 Å². The summed E-state index contributed by atoms with van der Waals surface area (Å²) in [7, 11) is 0. The molecule has 0 aromatic carbocycles. The number of allylic oxidation sites excluding steroid dienone is 4. The zero-order chi connectivity index (χ0) is 10.4. The van der Waals surface area contributed by atoms with Crippen LogP contribution in [0.25, 0.3) is 0 Å². The lowest BCUT2D eigenvalue weighted by atomic mass is 9.80. The van der Waals surface area contributed by atoms with E-state index in [2.05, 4.69) is 0 Å². The maximum atomic E-state index is 13.2. The van der Waals surface area contributed by atoms with Gasteiger partial charge in [-0.2, -0.15) is 0 Å². The number of hydrogen-bond acceptors (Lipinski definition) is 0. The third-order valence-electron chi connectivity index (χ3n) is 2.42. The first kappa shape index (κ1) is 10.4. The second kappa shape index (κ2) is 2.89. The van der Waals surface area contributed by atoms with Crippen molar-refractivity contribution in [2.24, 2.45) is 11.3 Å². The van der Waals surface area contributed by atoms with E-state index < -0.39 is 22.9 Å². The molecule has 1 aliphatic carbocycles. The van der Waals surface area contributed by atoms with Crippen LogP contribution in [-0.4, -0.2) is 0 Å². The van der Waals surface area contributed by atoms with Gasteiger partial charge in [0, 0.05) is 5.41 Å². The molecule has 0 heterocycles. The minimum Gasteiger partial charge on any atom is -0.208 e. The molecule has 0 N–H and O–H groups in total. The molecule has 0 bridgehead atoms. The molecule has 0 nitrogen and oxygen atoms in total. The maximum Gasteiger partial charge on any atom is 0.191 e. The molecule has 1 aliphatic rings. The highest BCUT2D eigenvalue weighted by Crippen LogP contribution is 2.50. The third-order valence-corrected chi connectivity index (χ3v) is 2.42. The molecule has 0 saturated carbocycles. The number of rotatable bonds is 1. The molecule has 1 rings (SSSR count). The molecule has 0 radical (unpaired) electrons. The average molecular weight is 190 g/mol. The molecule has 0 spiro atoms. The minimum atomic E-state index is -1.33. The Labute approximate surface area is 76.1 Å². The van der Waals surface area contributed by atoms with Gasteiger partial charge in [-0.15, -0.1) is 0 Å². The molecule has 0 atom stereocenters. The zero-order valence-electron chi connectivity index (χ0n) is 8.21. The Kier molecular flexibility index (Phi) is 2.30. The molecule has 0 unspecified atom stereocenters. The van der Waals surface area contributed by atoms with E-state index in [1.807, 2.05) is 0 Å². The number of hydrogen-bond donors (Lipinski definition) is 0. The Balaban J connectivity index is 3.28. The third kappa shape index (κ3) is 1.30. The van der Waals surface area contributed by atoms with Gasteiger partial charge in [-0.1, -0.05) is 13.8 Å². The average Bonchev–Trinajstić information content (AvgIpc) is 2.12. The lowest BCUT2D eigenvalue weighted by Gasteiger charge is -2.24. The quantitative estimate of drug-likeness (QED) is 0.585. The van der Waals surface area contributed by atoms with Gasteiger partial charge in [-0.3, -0.25) is 0 Å². The van der Waals surface area contributed by atoms with Crippen LogP contribution >= 0.6 is 0 Å². The van der Waals surface area contributed by atoms with E-state index in [4.69, 9.17) is 0 Å². The van der Waals surface area contributed by atoms with Crippen LogP contribution in [0.4, 0.5) is 13.2 Å². The topological polar surface area (TPSA) is 0 Å². The van der Waals surface area contributed by atoms with E-state index in [0.29, 0.717) is 0 Å². The highest BCUT2D eigenvalue weighted by molar-refractivity contribution is 5.44. The monoisotopic (exact) mass is 190 g/mol. The van der Waals surface area contributed by atoms with Gasteiger partial charge < -0.3 is 0 Å². The van der Waals surface area contributed by atoms with Crippen LogP contribution in [0.15, 0.2) is 23.1 Å². The van der Waals surface area contributed by atoms with E-state index in [0.717, 1.165) is 0 Å². The SMILES string of the molecule is CC(C)C1=C(F)C(F)=C(F)C1(C)C. The van der Waals surface area contributed by atoms with E-state index in [-0.39, 0.29) is 11.5 Å². The fraction of sp³-hybridized carbons (Fsp3) is 0.600. The van der Waals surface area contributed by atoms with Gasteiger partial charge in [0.1, 0.15) is 5.83 Å².